The lowest BCUT2D eigenvalue weighted by atomic mass is 10.1. The van der Waals surface area contributed by atoms with Crippen LogP contribution in [-0.2, 0) is 26.2 Å². The number of methoxy groups -OCH3 is 2. The molecule has 208 valence electrons. The van der Waals surface area contributed by atoms with Crippen LogP contribution in [0.15, 0.2) is 77.7 Å². The summed E-state index contributed by atoms with van der Waals surface area (Å²) in [5.74, 6) is 0.164. The first-order valence-electron chi connectivity index (χ1n) is 12.5. The van der Waals surface area contributed by atoms with Crippen LogP contribution in [-0.4, -0.2) is 59.0 Å². The van der Waals surface area contributed by atoms with E-state index < -0.39 is 28.5 Å². The Hall–Kier alpha value is -4.05. The Morgan fingerprint density at radius 2 is 1.54 bits per heavy atom. The van der Waals surface area contributed by atoms with Crippen LogP contribution < -0.4 is 19.1 Å². The van der Waals surface area contributed by atoms with Crippen molar-refractivity contribution in [3.63, 3.8) is 0 Å². The molecule has 0 bridgehead atoms. The molecule has 0 saturated heterocycles. The first-order chi connectivity index (χ1) is 18.6. The van der Waals surface area contributed by atoms with Gasteiger partial charge in [-0.25, -0.2) is 8.42 Å². The molecule has 0 aliphatic heterocycles. The molecule has 10 heteroatoms. The van der Waals surface area contributed by atoms with Gasteiger partial charge in [-0.05, 0) is 55.3 Å². The van der Waals surface area contributed by atoms with Gasteiger partial charge in [0, 0.05) is 19.7 Å². The van der Waals surface area contributed by atoms with Gasteiger partial charge in [0.05, 0.1) is 24.8 Å². The van der Waals surface area contributed by atoms with E-state index in [9.17, 15) is 18.0 Å². The van der Waals surface area contributed by atoms with E-state index in [4.69, 9.17) is 9.47 Å². The van der Waals surface area contributed by atoms with Gasteiger partial charge in [-0.1, -0.05) is 42.8 Å². The molecule has 3 aromatic carbocycles. The van der Waals surface area contributed by atoms with Gasteiger partial charge in [-0.2, -0.15) is 0 Å². The van der Waals surface area contributed by atoms with Gasteiger partial charge in [0.2, 0.25) is 11.8 Å². The summed E-state index contributed by atoms with van der Waals surface area (Å²) in [5, 5.41) is 2.62. The normalized spacial score (nSPS) is 11.8. The van der Waals surface area contributed by atoms with Gasteiger partial charge >= 0.3 is 0 Å². The van der Waals surface area contributed by atoms with Crippen LogP contribution in [0.25, 0.3) is 0 Å². The third-order valence-corrected chi connectivity index (χ3v) is 8.14. The van der Waals surface area contributed by atoms with Crippen molar-refractivity contribution in [1.82, 2.24) is 10.2 Å². The maximum atomic E-state index is 14.0. The molecule has 1 atom stereocenters. The summed E-state index contributed by atoms with van der Waals surface area (Å²) in [7, 11) is 0.372. The van der Waals surface area contributed by atoms with Gasteiger partial charge in [0.1, 0.15) is 24.1 Å². The Labute approximate surface area is 230 Å². The number of sulfonamides is 1. The molecular formula is C29H35N3O6S. The molecule has 9 nitrogen and oxygen atoms in total. The number of likely N-dealkylation sites (N-methyl/N-ethyl adjacent to an activating group) is 1. The highest BCUT2D eigenvalue weighted by atomic mass is 32.2. The number of nitrogens with zero attached hydrogens (tertiary/aromatic N) is 2. The highest BCUT2D eigenvalue weighted by Crippen LogP contribution is 2.28. The van der Waals surface area contributed by atoms with Crippen molar-refractivity contribution in [2.45, 2.75) is 37.8 Å². The minimum Gasteiger partial charge on any atom is -0.497 e. The van der Waals surface area contributed by atoms with Gasteiger partial charge in [0.15, 0.2) is 0 Å². The number of hydrogen-bond donors (Lipinski definition) is 1. The first-order valence-corrected chi connectivity index (χ1v) is 14.0. The van der Waals surface area contributed by atoms with Crippen molar-refractivity contribution in [3.8, 4) is 11.5 Å². The summed E-state index contributed by atoms with van der Waals surface area (Å²) < 4.78 is 39.5. The number of ether oxygens (including phenoxy) is 2. The van der Waals surface area contributed by atoms with Crippen molar-refractivity contribution >= 4 is 27.5 Å². The fourth-order valence-electron chi connectivity index (χ4n) is 4.19. The standard InChI is InChI=1S/C29H35N3O6S/c1-6-27(29(34)30-3)31(19-22-9-7-11-24(17-22)37-4)28(33)20-32(23-10-8-12-25(18-23)38-5)39(35,36)26-15-13-21(2)14-16-26/h7-18,27H,6,19-20H2,1-5H3,(H,30,34). The van der Waals surface area contributed by atoms with Crippen molar-refractivity contribution in [2.75, 3.05) is 32.1 Å². The Morgan fingerprint density at radius 3 is 2.13 bits per heavy atom. The average Bonchev–Trinajstić information content (AvgIpc) is 2.95. The van der Waals surface area contributed by atoms with Crippen LogP contribution in [0.5, 0.6) is 11.5 Å². The van der Waals surface area contributed by atoms with Gasteiger partial charge in [-0.15, -0.1) is 0 Å². The van der Waals surface area contributed by atoms with Gasteiger partial charge in [-0.3, -0.25) is 13.9 Å². The molecule has 1 N–H and O–H groups in total. The van der Waals surface area contributed by atoms with Crippen LogP contribution in [0.4, 0.5) is 5.69 Å². The zero-order chi connectivity index (χ0) is 28.6. The van der Waals surface area contributed by atoms with E-state index in [1.807, 2.05) is 13.0 Å². The summed E-state index contributed by atoms with van der Waals surface area (Å²) in [4.78, 5) is 28.2. The monoisotopic (exact) mass is 553 g/mol. The van der Waals surface area contributed by atoms with E-state index in [2.05, 4.69) is 5.32 Å². The summed E-state index contributed by atoms with van der Waals surface area (Å²) in [6, 6.07) is 19.3. The predicted octanol–water partition coefficient (Wildman–Crippen LogP) is 3.76. The second kappa shape index (κ2) is 13.1. The molecule has 0 fully saturated rings. The number of amides is 2. The topological polar surface area (TPSA) is 105 Å². The highest BCUT2D eigenvalue weighted by Gasteiger charge is 2.33. The van der Waals surface area contributed by atoms with Crippen molar-refractivity contribution < 1.29 is 27.5 Å². The Kier molecular flexibility index (Phi) is 9.95. The number of aryl methyl sites for hydroxylation is 1. The lowest BCUT2D eigenvalue weighted by molar-refractivity contribution is -0.140. The smallest absolute Gasteiger partial charge is 0.264 e. The quantitative estimate of drug-likeness (QED) is 0.366. The third-order valence-electron chi connectivity index (χ3n) is 6.35. The fourth-order valence-corrected chi connectivity index (χ4v) is 5.59. The van der Waals surface area contributed by atoms with E-state index in [0.29, 0.717) is 17.9 Å². The van der Waals surface area contributed by atoms with E-state index in [-0.39, 0.29) is 23.0 Å². The molecule has 0 heterocycles. The number of hydrogen-bond acceptors (Lipinski definition) is 6. The third kappa shape index (κ3) is 7.08. The van der Waals surface area contributed by atoms with Crippen molar-refractivity contribution in [2.24, 2.45) is 0 Å². The summed E-state index contributed by atoms with van der Waals surface area (Å²) in [6.45, 7) is 3.22. The zero-order valence-corrected chi connectivity index (χ0v) is 23.7. The summed E-state index contributed by atoms with van der Waals surface area (Å²) in [5.41, 5.74) is 1.90. The fraction of sp³-hybridized carbons (Fsp3) is 0.310. The predicted molar refractivity (Wildman–Crippen MR) is 150 cm³/mol. The lowest BCUT2D eigenvalue weighted by Gasteiger charge is -2.33. The molecule has 3 rings (SSSR count). The molecular weight excluding hydrogens is 518 g/mol. The molecule has 3 aromatic rings. The largest absolute Gasteiger partial charge is 0.497 e. The number of nitrogens with one attached hydrogen (secondary N) is 1. The second-order valence-corrected chi connectivity index (χ2v) is 10.8. The number of benzene rings is 3. The maximum absolute atomic E-state index is 14.0. The first kappa shape index (κ1) is 29.5. The van der Waals surface area contributed by atoms with E-state index in [0.717, 1.165) is 15.4 Å². The van der Waals surface area contributed by atoms with Crippen LogP contribution in [0.3, 0.4) is 0 Å². The lowest BCUT2D eigenvalue weighted by Crippen LogP contribution is -2.51. The number of anilines is 1. The van der Waals surface area contributed by atoms with Crippen molar-refractivity contribution in [1.29, 1.82) is 0 Å². The van der Waals surface area contributed by atoms with Gasteiger partial charge < -0.3 is 19.7 Å². The SMILES string of the molecule is CCC(C(=O)NC)N(Cc1cccc(OC)c1)C(=O)CN(c1cccc(OC)c1)S(=O)(=O)c1ccc(C)cc1. The Balaban J connectivity index is 2.08. The molecule has 0 aromatic heterocycles. The Morgan fingerprint density at radius 1 is 0.923 bits per heavy atom. The van der Waals surface area contributed by atoms with Gasteiger partial charge in [0.25, 0.3) is 10.0 Å². The molecule has 39 heavy (non-hydrogen) atoms. The van der Waals surface area contributed by atoms with Crippen LogP contribution in [0.1, 0.15) is 24.5 Å². The van der Waals surface area contributed by atoms with E-state index in [1.54, 1.807) is 68.6 Å². The maximum Gasteiger partial charge on any atom is 0.264 e. The average molecular weight is 554 g/mol. The minimum atomic E-state index is -4.16. The molecule has 0 aliphatic carbocycles. The van der Waals surface area contributed by atoms with E-state index >= 15 is 0 Å². The Bertz CT molecular complexity index is 1390. The number of carbonyl (C=O) groups is 2. The molecule has 0 radical (unpaired) electrons. The van der Waals surface area contributed by atoms with Crippen molar-refractivity contribution in [3.05, 3.63) is 83.9 Å². The van der Waals surface area contributed by atoms with Crippen LogP contribution >= 0.6 is 0 Å². The van der Waals surface area contributed by atoms with Crippen LogP contribution in [0.2, 0.25) is 0 Å². The molecule has 0 spiro atoms. The van der Waals surface area contributed by atoms with Crippen LogP contribution in [0, 0.1) is 6.92 Å². The highest BCUT2D eigenvalue weighted by molar-refractivity contribution is 7.92. The molecule has 0 aliphatic rings. The molecule has 2 amide bonds. The number of rotatable bonds is 12. The summed E-state index contributed by atoms with van der Waals surface area (Å²) >= 11 is 0. The van der Waals surface area contributed by atoms with E-state index in [1.165, 1.54) is 31.2 Å². The molecule has 1 unspecified atom stereocenters. The summed E-state index contributed by atoms with van der Waals surface area (Å²) in [6.07, 6.45) is 0.333. The second-order valence-electron chi connectivity index (χ2n) is 8.94. The number of carbonyl (C=O) groups excluding carboxylic acids is 2. The zero-order valence-electron chi connectivity index (χ0n) is 22.9. The molecule has 0 saturated carbocycles. The minimum absolute atomic E-state index is 0.0430.